The van der Waals surface area contributed by atoms with E-state index < -0.39 is 0 Å². The molecule has 1 aliphatic rings. The van der Waals surface area contributed by atoms with Crippen LogP contribution in [-0.4, -0.2) is 0 Å². The Morgan fingerprint density at radius 3 is 2.93 bits per heavy atom. The van der Waals surface area contributed by atoms with Crippen molar-refractivity contribution in [2.75, 3.05) is 0 Å². The Bertz CT molecular complexity index is 366. The molecule has 14 heavy (non-hydrogen) atoms. The summed E-state index contributed by atoms with van der Waals surface area (Å²) in [6.07, 6.45) is 5.51. The minimum absolute atomic E-state index is 0.00282. The molecule has 0 unspecified atom stereocenters. The van der Waals surface area contributed by atoms with E-state index in [2.05, 4.69) is 25.6 Å². The lowest BCUT2D eigenvalue weighted by Gasteiger charge is -2.15. The van der Waals surface area contributed by atoms with E-state index in [1.165, 1.54) is 41.5 Å². The van der Waals surface area contributed by atoms with Crippen LogP contribution in [0.5, 0.6) is 0 Å². The molecule has 2 rings (SSSR count). The van der Waals surface area contributed by atoms with Gasteiger partial charge >= 0.3 is 0 Å². The van der Waals surface area contributed by atoms with Crippen LogP contribution in [-0.2, 0) is 12.8 Å². The number of aryl methyl sites for hydroxylation is 2. The van der Waals surface area contributed by atoms with Crippen LogP contribution in [0.25, 0.3) is 0 Å². The maximum Gasteiger partial charge on any atom is 0.0484 e. The molecule has 0 radical (unpaired) electrons. The molecule has 0 amide bonds. The van der Waals surface area contributed by atoms with Crippen molar-refractivity contribution in [2.45, 2.75) is 32.2 Å². The van der Waals surface area contributed by atoms with Crippen molar-refractivity contribution in [3.63, 3.8) is 0 Å². The van der Waals surface area contributed by atoms with Gasteiger partial charge < -0.3 is 5.73 Å². The fraction of sp³-hybridized carbons (Fsp3) is 0.385. The molecule has 0 saturated carbocycles. The predicted octanol–water partition coefficient (Wildman–Crippen LogP) is 2.67. The van der Waals surface area contributed by atoms with Crippen LogP contribution in [0.4, 0.5) is 0 Å². The molecule has 1 aliphatic carbocycles. The van der Waals surface area contributed by atoms with Gasteiger partial charge in [-0.15, -0.1) is 6.58 Å². The largest absolute Gasteiger partial charge is 0.321 e. The maximum atomic E-state index is 6.05. The molecule has 0 aliphatic heterocycles. The Morgan fingerprint density at radius 2 is 2.21 bits per heavy atom. The van der Waals surface area contributed by atoms with Crippen LogP contribution in [0.2, 0.25) is 0 Å². The monoisotopic (exact) mass is 187 g/mol. The van der Waals surface area contributed by atoms with Crippen LogP contribution in [0, 0.1) is 6.92 Å². The number of benzene rings is 1. The average Bonchev–Trinajstić information content (AvgIpc) is 2.64. The quantitative estimate of drug-likeness (QED) is 0.708. The van der Waals surface area contributed by atoms with Crippen LogP contribution in [0.15, 0.2) is 24.8 Å². The Morgan fingerprint density at radius 1 is 1.43 bits per heavy atom. The first-order valence-corrected chi connectivity index (χ1v) is 5.23. The molecule has 2 N–H and O–H groups in total. The summed E-state index contributed by atoms with van der Waals surface area (Å²) in [5, 5.41) is 0. The Hall–Kier alpha value is -1.08. The van der Waals surface area contributed by atoms with Crippen LogP contribution in [0.1, 0.15) is 34.7 Å². The summed E-state index contributed by atoms with van der Waals surface area (Å²) < 4.78 is 0. The zero-order valence-corrected chi connectivity index (χ0v) is 8.72. The number of hydrogen-bond donors (Lipinski definition) is 1. The number of nitrogens with two attached hydrogens (primary N) is 1. The van der Waals surface area contributed by atoms with Crippen molar-refractivity contribution in [1.82, 2.24) is 0 Å². The highest BCUT2D eigenvalue weighted by atomic mass is 14.6. The fourth-order valence-corrected chi connectivity index (χ4v) is 2.39. The van der Waals surface area contributed by atoms with E-state index in [-0.39, 0.29) is 6.04 Å². The summed E-state index contributed by atoms with van der Waals surface area (Å²) in [7, 11) is 0. The third-order valence-electron chi connectivity index (χ3n) is 3.13. The van der Waals surface area contributed by atoms with E-state index in [1.54, 1.807) is 0 Å². The molecule has 1 atom stereocenters. The second-order valence-electron chi connectivity index (χ2n) is 4.05. The average molecular weight is 187 g/mol. The first kappa shape index (κ1) is 9.47. The summed E-state index contributed by atoms with van der Waals surface area (Å²) >= 11 is 0. The van der Waals surface area contributed by atoms with E-state index in [1.807, 2.05) is 6.08 Å². The van der Waals surface area contributed by atoms with Gasteiger partial charge in [-0.2, -0.15) is 0 Å². The van der Waals surface area contributed by atoms with Crippen LogP contribution >= 0.6 is 0 Å². The molecule has 1 aromatic carbocycles. The molecule has 0 spiro atoms. The molecule has 74 valence electrons. The molecule has 0 saturated heterocycles. The van der Waals surface area contributed by atoms with Gasteiger partial charge in [0.25, 0.3) is 0 Å². The zero-order chi connectivity index (χ0) is 10.1. The molecular weight excluding hydrogens is 170 g/mol. The Labute approximate surface area is 85.6 Å². The number of rotatable bonds is 2. The van der Waals surface area contributed by atoms with E-state index in [9.17, 15) is 0 Å². The Balaban J connectivity index is 2.56. The summed E-state index contributed by atoms with van der Waals surface area (Å²) in [5.41, 5.74) is 11.6. The van der Waals surface area contributed by atoms with E-state index in [0.29, 0.717) is 0 Å². The Kier molecular flexibility index (Phi) is 2.42. The third kappa shape index (κ3) is 1.38. The van der Waals surface area contributed by atoms with E-state index in [0.717, 1.165) is 0 Å². The summed E-state index contributed by atoms with van der Waals surface area (Å²) in [6, 6.07) is 4.43. The van der Waals surface area contributed by atoms with Crippen LogP contribution in [0.3, 0.4) is 0 Å². The normalized spacial score (nSPS) is 16.4. The maximum absolute atomic E-state index is 6.05. The highest BCUT2D eigenvalue weighted by molar-refractivity contribution is 5.45. The fourth-order valence-electron chi connectivity index (χ4n) is 2.39. The standard InChI is InChI=1S/C13H17N/c1-3-12(14)13-9(2)7-8-10-5-4-6-11(10)13/h3,7-8,12H,1,4-6,14H2,2H3/t12-/m1/s1. The molecule has 1 aromatic rings. The summed E-state index contributed by atoms with van der Waals surface area (Å²) in [4.78, 5) is 0. The van der Waals surface area contributed by atoms with E-state index in [4.69, 9.17) is 5.73 Å². The molecule has 0 aromatic heterocycles. The first-order valence-electron chi connectivity index (χ1n) is 5.23. The summed E-state index contributed by atoms with van der Waals surface area (Å²) in [5.74, 6) is 0. The number of fused-ring (bicyclic) bond motifs is 1. The highest BCUT2D eigenvalue weighted by Crippen LogP contribution is 2.31. The van der Waals surface area contributed by atoms with Gasteiger partial charge in [0.2, 0.25) is 0 Å². The van der Waals surface area contributed by atoms with Gasteiger partial charge in [0, 0.05) is 6.04 Å². The second kappa shape index (κ2) is 3.58. The van der Waals surface area contributed by atoms with Gasteiger partial charge in [0.05, 0.1) is 0 Å². The van der Waals surface area contributed by atoms with E-state index >= 15 is 0 Å². The van der Waals surface area contributed by atoms with Gasteiger partial charge in [-0.05, 0) is 48.4 Å². The lowest BCUT2D eigenvalue weighted by Crippen LogP contribution is -2.11. The minimum Gasteiger partial charge on any atom is -0.321 e. The van der Waals surface area contributed by atoms with Crippen molar-refractivity contribution >= 4 is 0 Å². The first-order chi connectivity index (χ1) is 6.74. The smallest absolute Gasteiger partial charge is 0.0484 e. The molecule has 0 fully saturated rings. The minimum atomic E-state index is 0.00282. The van der Waals surface area contributed by atoms with Crippen molar-refractivity contribution < 1.29 is 0 Å². The lowest BCUT2D eigenvalue weighted by atomic mass is 9.93. The topological polar surface area (TPSA) is 26.0 Å². The molecule has 1 heteroatoms. The SMILES string of the molecule is C=C[C@@H](N)c1c(C)ccc2c1CCC2. The molecule has 0 heterocycles. The predicted molar refractivity (Wildman–Crippen MR) is 60.3 cm³/mol. The lowest BCUT2D eigenvalue weighted by molar-refractivity contribution is 0.862. The molecular formula is C13H17N. The molecule has 1 nitrogen and oxygen atoms in total. The summed E-state index contributed by atoms with van der Waals surface area (Å²) in [6.45, 7) is 5.91. The van der Waals surface area contributed by atoms with Gasteiger partial charge in [-0.3, -0.25) is 0 Å². The van der Waals surface area contributed by atoms with Gasteiger partial charge in [0.15, 0.2) is 0 Å². The zero-order valence-electron chi connectivity index (χ0n) is 8.72. The van der Waals surface area contributed by atoms with Crippen molar-refractivity contribution in [3.05, 3.63) is 47.0 Å². The van der Waals surface area contributed by atoms with Gasteiger partial charge in [-0.1, -0.05) is 18.2 Å². The third-order valence-corrected chi connectivity index (χ3v) is 3.13. The van der Waals surface area contributed by atoms with Crippen molar-refractivity contribution in [1.29, 1.82) is 0 Å². The highest BCUT2D eigenvalue weighted by Gasteiger charge is 2.18. The van der Waals surface area contributed by atoms with Gasteiger partial charge in [-0.25, -0.2) is 0 Å². The number of hydrogen-bond acceptors (Lipinski definition) is 1. The van der Waals surface area contributed by atoms with Crippen LogP contribution < -0.4 is 5.73 Å². The van der Waals surface area contributed by atoms with Crippen molar-refractivity contribution in [3.8, 4) is 0 Å². The second-order valence-corrected chi connectivity index (χ2v) is 4.05. The molecule has 0 bridgehead atoms. The van der Waals surface area contributed by atoms with Crippen molar-refractivity contribution in [2.24, 2.45) is 5.73 Å². The van der Waals surface area contributed by atoms with Gasteiger partial charge in [0.1, 0.15) is 0 Å².